The predicted molar refractivity (Wildman–Crippen MR) is 165 cm³/mol. The van der Waals surface area contributed by atoms with Crippen molar-refractivity contribution in [1.82, 2.24) is 15.3 Å². The van der Waals surface area contributed by atoms with Crippen molar-refractivity contribution in [3.63, 3.8) is 0 Å². The van der Waals surface area contributed by atoms with E-state index < -0.39 is 28.0 Å². The summed E-state index contributed by atoms with van der Waals surface area (Å²) < 4.78 is 40.5. The van der Waals surface area contributed by atoms with Gasteiger partial charge in [-0.1, -0.05) is 23.2 Å². The van der Waals surface area contributed by atoms with Crippen molar-refractivity contribution in [2.24, 2.45) is 11.7 Å². The van der Waals surface area contributed by atoms with Crippen LogP contribution in [0.15, 0.2) is 42.5 Å². The lowest BCUT2D eigenvalue weighted by Gasteiger charge is -2.22. The molecule has 0 saturated heterocycles. The first kappa shape index (κ1) is 29.7. The predicted octanol–water partition coefficient (Wildman–Crippen LogP) is 6.48. The van der Waals surface area contributed by atoms with Gasteiger partial charge in [0, 0.05) is 40.2 Å². The van der Waals surface area contributed by atoms with Gasteiger partial charge < -0.3 is 20.5 Å². The molecule has 2 aliphatic carbocycles. The molecule has 2 amide bonds. The van der Waals surface area contributed by atoms with Crippen LogP contribution in [0.2, 0.25) is 10.2 Å². The van der Waals surface area contributed by atoms with Crippen LogP contribution in [0, 0.1) is 17.6 Å². The average molecular weight is 654 g/mol. The third-order valence-corrected chi connectivity index (χ3v) is 9.36. The van der Waals surface area contributed by atoms with E-state index >= 15 is 0 Å². The van der Waals surface area contributed by atoms with E-state index in [1.165, 1.54) is 6.07 Å². The number of nitrogens with two attached hydrogens (primary N) is 1. The summed E-state index contributed by atoms with van der Waals surface area (Å²) >= 11 is 12.4. The first-order valence-corrected chi connectivity index (χ1v) is 15.5. The van der Waals surface area contributed by atoms with E-state index in [-0.39, 0.29) is 54.0 Å². The quantitative estimate of drug-likeness (QED) is 0.158. The maximum absolute atomic E-state index is 14.6. The maximum atomic E-state index is 14.6. The molecule has 2 aromatic heterocycles. The van der Waals surface area contributed by atoms with Gasteiger partial charge in [-0.2, -0.15) is 0 Å². The molecular weight excluding hydrogens is 625 g/mol. The summed E-state index contributed by atoms with van der Waals surface area (Å²) in [5.74, 6) is -2.56. The van der Waals surface area contributed by atoms with Gasteiger partial charge in [0.15, 0.2) is 11.6 Å². The molecule has 2 atom stereocenters. The van der Waals surface area contributed by atoms with Crippen LogP contribution >= 0.6 is 23.2 Å². The van der Waals surface area contributed by atoms with Gasteiger partial charge >= 0.3 is 0 Å². The molecule has 7 rings (SSSR count). The van der Waals surface area contributed by atoms with Crippen LogP contribution in [-0.4, -0.2) is 41.0 Å². The number of benzene rings is 2. The molecule has 0 unspecified atom stereocenters. The van der Waals surface area contributed by atoms with E-state index in [1.54, 1.807) is 37.3 Å². The zero-order valence-electron chi connectivity index (χ0n) is 24.1. The van der Waals surface area contributed by atoms with E-state index in [0.29, 0.717) is 33.2 Å². The van der Waals surface area contributed by atoms with Gasteiger partial charge in [0.05, 0.1) is 11.1 Å². The fourth-order valence-corrected chi connectivity index (χ4v) is 6.16. The number of hydrogen-bond acceptors (Lipinski definition) is 6. The number of hydrogen-bond donors (Lipinski definition) is 2. The van der Waals surface area contributed by atoms with Crippen LogP contribution in [0.5, 0.6) is 11.5 Å². The molecular formula is C33H28Cl2F2N4O4. The monoisotopic (exact) mass is 652 g/mol. The zero-order valence-corrected chi connectivity index (χ0v) is 25.6. The minimum Gasteiger partial charge on any atom is -0.489 e. The van der Waals surface area contributed by atoms with Gasteiger partial charge in [0.2, 0.25) is 5.91 Å². The minimum atomic E-state index is -1.21. The molecule has 2 aromatic carbocycles. The standard InChI is InChI=1S/C33H28Cl2F2N4O4/c1-33(32(38)43)14-44-30-21(33)12-23(40-29(30)19-7-8-22(36)27(37)26(19)35)20(15-2-3-15)13-39-31(42)17-10-16-4-9-25(34)41-28(16)24(11-17)45-18-5-6-18/h4,7-12,15,18,20H,2-3,5-6,13-14H2,1H3,(H2,38,43)(H,39,42)/t20-,33-/m0/s1. The Bertz CT molecular complexity index is 1900. The van der Waals surface area contributed by atoms with Gasteiger partial charge in [0.25, 0.3) is 5.91 Å². The lowest BCUT2D eigenvalue weighted by molar-refractivity contribution is -0.123. The summed E-state index contributed by atoms with van der Waals surface area (Å²) in [4.78, 5) is 35.4. The number of primary amides is 1. The van der Waals surface area contributed by atoms with Crippen molar-refractivity contribution in [1.29, 1.82) is 0 Å². The van der Waals surface area contributed by atoms with Crippen LogP contribution in [0.25, 0.3) is 22.2 Å². The molecule has 2 saturated carbocycles. The first-order valence-electron chi connectivity index (χ1n) is 14.7. The molecule has 2 fully saturated rings. The number of amides is 2. The molecule has 3 heterocycles. The number of pyridine rings is 2. The highest BCUT2D eigenvalue weighted by molar-refractivity contribution is 6.33. The topological polar surface area (TPSA) is 116 Å². The molecule has 4 aromatic rings. The highest BCUT2D eigenvalue weighted by Crippen LogP contribution is 2.49. The van der Waals surface area contributed by atoms with Gasteiger partial charge in [0.1, 0.15) is 39.9 Å². The zero-order chi connectivity index (χ0) is 31.6. The Morgan fingerprint density at radius 1 is 1.11 bits per heavy atom. The lowest BCUT2D eigenvalue weighted by Crippen LogP contribution is -2.40. The number of halogens is 4. The van der Waals surface area contributed by atoms with Crippen LogP contribution in [0.1, 0.15) is 60.1 Å². The number of fused-ring (bicyclic) bond motifs is 2. The van der Waals surface area contributed by atoms with E-state index in [1.807, 2.05) is 0 Å². The second-order valence-electron chi connectivity index (χ2n) is 12.1. The highest BCUT2D eigenvalue weighted by atomic mass is 35.5. The fraction of sp³-hybridized carbons (Fsp3) is 0.333. The number of carbonyl (C=O) groups is 2. The highest BCUT2D eigenvalue weighted by Gasteiger charge is 2.45. The molecule has 1 aliphatic heterocycles. The van der Waals surface area contributed by atoms with E-state index in [4.69, 9.17) is 43.4 Å². The fourth-order valence-electron chi connectivity index (χ4n) is 5.77. The van der Waals surface area contributed by atoms with Crippen LogP contribution in [0.3, 0.4) is 0 Å². The minimum absolute atomic E-state index is 0.0464. The van der Waals surface area contributed by atoms with Gasteiger partial charge in [-0.3, -0.25) is 9.59 Å². The van der Waals surface area contributed by atoms with Crippen molar-refractivity contribution >= 4 is 45.9 Å². The molecule has 0 spiro atoms. The molecule has 3 N–H and O–H groups in total. The number of carbonyl (C=O) groups excluding carboxylic acids is 2. The molecule has 12 heteroatoms. The number of nitrogens with zero attached hydrogens (tertiary/aromatic N) is 2. The summed E-state index contributed by atoms with van der Waals surface area (Å²) in [6, 6.07) is 10.9. The number of rotatable bonds is 9. The Labute approximate surface area is 267 Å². The van der Waals surface area contributed by atoms with E-state index in [9.17, 15) is 18.4 Å². The molecule has 0 radical (unpaired) electrons. The summed E-state index contributed by atoms with van der Waals surface area (Å²) in [5.41, 5.74) is 6.95. The summed E-state index contributed by atoms with van der Waals surface area (Å²) in [6.07, 6.45) is 3.78. The first-order chi connectivity index (χ1) is 21.5. The smallest absolute Gasteiger partial charge is 0.251 e. The second kappa shape index (κ2) is 11.1. The lowest BCUT2D eigenvalue weighted by atomic mass is 9.82. The third-order valence-electron chi connectivity index (χ3n) is 8.78. The van der Waals surface area contributed by atoms with Gasteiger partial charge in [-0.25, -0.2) is 18.7 Å². The Hall–Kier alpha value is -4.02. The molecule has 232 valence electrons. The number of ether oxygens (including phenoxy) is 2. The van der Waals surface area contributed by atoms with Gasteiger partial charge in [-0.15, -0.1) is 0 Å². The van der Waals surface area contributed by atoms with E-state index in [2.05, 4.69) is 10.3 Å². The molecule has 0 bridgehead atoms. The Balaban J connectivity index is 1.24. The van der Waals surface area contributed by atoms with E-state index in [0.717, 1.165) is 37.1 Å². The summed E-state index contributed by atoms with van der Waals surface area (Å²) in [5, 5.41) is 3.65. The summed E-state index contributed by atoms with van der Waals surface area (Å²) in [7, 11) is 0. The van der Waals surface area contributed by atoms with Gasteiger partial charge in [-0.05, 0) is 81.0 Å². The van der Waals surface area contributed by atoms with Crippen molar-refractivity contribution in [2.45, 2.75) is 50.0 Å². The summed E-state index contributed by atoms with van der Waals surface area (Å²) in [6.45, 7) is 1.85. The third kappa shape index (κ3) is 5.44. The van der Waals surface area contributed by atoms with Crippen LogP contribution < -0.4 is 20.5 Å². The average Bonchev–Trinajstić information content (AvgIpc) is 3.96. The van der Waals surface area contributed by atoms with Crippen molar-refractivity contribution in [2.75, 3.05) is 13.2 Å². The van der Waals surface area contributed by atoms with Crippen molar-refractivity contribution in [3.8, 4) is 22.8 Å². The SMILES string of the molecule is C[C@]1(C(N)=O)COc2c1cc([C@@H](CNC(=O)c1cc(OC3CC3)c3nc(Cl)ccc3c1)C1CC1)nc2-c1ccc(F)c(F)c1Cl. The van der Waals surface area contributed by atoms with Crippen LogP contribution in [0.4, 0.5) is 8.78 Å². The largest absolute Gasteiger partial charge is 0.489 e. The molecule has 45 heavy (non-hydrogen) atoms. The Morgan fingerprint density at radius 2 is 1.89 bits per heavy atom. The number of nitrogens with one attached hydrogen (secondary N) is 1. The van der Waals surface area contributed by atoms with Crippen LogP contribution in [-0.2, 0) is 10.2 Å². The normalized spacial score (nSPS) is 19.6. The Kier molecular flexibility index (Phi) is 7.32. The molecule has 8 nitrogen and oxygen atoms in total. The maximum Gasteiger partial charge on any atom is 0.251 e. The van der Waals surface area contributed by atoms with Crippen molar-refractivity contribution in [3.05, 3.63) is 81.1 Å². The van der Waals surface area contributed by atoms with Crippen molar-refractivity contribution < 1.29 is 27.8 Å². The Morgan fingerprint density at radius 3 is 2.60 bits per heavy atom. The molecule has 3 aliphatic rings. The number of aromatic nitrogens is 2. The second-order valence-corrected chi connectivity index (χ2v) is 12.9.